The van der Waals surface area contributed by atoms with Gasteiger partial charge in [0, 0.05) is 38.0 Å². The molecule has 1 N–H and O–H groups in total. The molecule has 1 aromatic carbocycles. The molecule has 1 amide bonds. The first-order valence-corrected chi connectivity index (χ1v) is 9.02. The summed E-state index contributed by atoms with van der Waals surface area (Å²) in [7, 11) is 0. The summed E-state index contributed by atoms with van der Waals surface area (Å²) in [6, 6.07) is 6.54. The molecule has 0 atom stereocenters. The van der Waals surface area contributed by atoms with E-state index in [2.05, 4.69) is 15.3 Å². The summed E-state index contributed by atoms with van der Waals surface area (Å²) >= 11 is 0. The van der Waals surface area contributed by atoms with Crippen molar-refractivity contribution in [3.63, 3.8) is 0 Å². The molecule has 0 bridgehead atoms. The minimum atomic E-state index is -0.511. The molecule has 2 aliphatic heterocycles. The van der Waals surface area contributed by atoms with E-state index in [-0.39, 0.29) is 17.4 Å². The van der Waals surface area contributed by atoms with Crippen LogP contribution in [0.2, 0.25) is 0 Å². The number of halogens is 1. The van der Waals surface area contributed by atoms with Crippen LogP contribution in [0.25, 0.3) is 0 Å². The van der Waals surface area contributed by atoms with E-state index < -0.39 is 5.79 Å². The molecule has 0 aliphatic carbocycles. The van der Waals surface area contributed by atoms with Gasteiger partial charge in [-0.15, -0.1) is 0 Å². The Morgan fingerprint density at radius 3 is 2.56 bits per heavy atom. The molecule has 2 aliphatic rings. The van der Waals surface area contributed by atoms with Gasteiger partial charge < -0.3 is 19.7 Å². The lowest BCUT2D eigenvalue weighted by Gasteiger charge is -2.37. The maximum atomic E-state index is 13.6. The minimum Gasteiger partial charge on any atom is -0.365 e. The Balaban J connectivity index is 1.33. The second-order valence-corrected chi connectivity index (χ2v) is 6.63. The van der Waals surface area contributed by atoms with Crippen molar-refractivity contribution in [3.05, 3.63) is 53.7 Å². The van der Waals surface area contributed by atoms with Crippen molar-refractivity contribution in [2.75, 3.05) is 31.6 Å². The van der Waals surface area contributed by atoms with Gasteiger partial charge in [0.25, 0.3) is 5.91 Å². The molecule has 2 saturated heterocycles. The highest BCUT2D eigenvalue weighted by atomic mass is 19.1. The van der Waals surface area contributed by atoms with Crippen LogP contribution in [0.5, 0.6) is 0 Å². The Labute approximate surface area is 156 Å². The average Bonchev–Trinajstić information content (AvgIpc) is 3.16. The Kier molecular flexibility index (Phi) is 5.00. The van der Waals surface area contributed by atoms with E-state index in [9.17, 15) is 9.18 Å². The second-order valence-electron chi connectivity index (χ2n) is 6.63. The van der Waals surface area contributed by atoms with Gasteiger partial charge in [0.1, 0.15) is 17.3 Å². The monoisotopic (exact) mass is 372 g/mol. The molecule has 1 spiro atoms. The topological polar surface area (TPSA) is 76.6 Å². The van der Waals surface area contributed by atoms with E-state index >= 15 is 0 Å². The minimum absolute atomic E-state index is 0.156. The highest BCUT2D eigenvalue weighted by molar-refractivity contribution is 5.92. The quantitative estimate of drug-likeness (QED) is 0.887. The van der Waals surface area contributed by atoms with Crippen molar-refractivity contribution in [1.82, 2.24) is 14.9 Å². The van der Waals surface area contributed by atoms with E-state index in [4.69, 9.17) is 9.47 Å². The number of benzene rings is 1. The van der Waals surface area contributed by atoms with Crippen molar-refractivity contribution >= 4 is 11.7 Å². The second kappa shape index (κ2) is 7.58. The third kappa shape index (κ3) is 3.91. The van der Waals surface area contributed by atoms with Gasteiger partial charge in [-0.05, 0) is 6.07 Å². The molecule has 0 radical (unpaired) electrons. The van der Waals surface area contributed by atoms with Crippen LogP contribution >= 0.6 is 0 Å². The molecule has 0 unspecified atom stereocenters. The summed E-state index contributed by atoms with van der Waals surface area (Å²) in [6.45, 7) is 2.64. The first-order valence-electron chi connectivity index (χ1n) is 9.02. The van der Waals surface area contributed by atoms with Crippen LogP contribution in [0.1, 0.15) is 28.9 Å². The van der Waals surface area contributed by atoms with Crippen molar-refractivity contribution in [2.45, 2.75) is 25.2 Å². The van der Waals surface area contributed by atoms with Crippen LogP contribution in [0.3, 0.4) is 0 Å². The first kappa shape index (κ1) is 17.8. The van der Waals surface area contributed by atoms with Crippen LogP contribution < -0.4 is 5.32 Å². The lowest BCUT2D eigenvalue weighted by molar-refractivity contribution is -0.181. The number of piperidine rings is 1. The number of carbonyl (C=O) groups excluding carboxylic acids is 1. The predicted octanol–water partition coefficient (Wildman–Crippen LogP) is 2.21. The standard InChI is InChI=1S/C19H21FN4O3/c20-15-4-2-1-3-14(15)11-22-17-13-21-16(12-23-17)18(25)24-7-5-19(6-8-24)26-9-10-27-19/h1-4,12-13H,5-11H2,(H,22,23). The van der Waals surface area contributed by atoms with Crippen LogP contribution in [-0.4, -0.2) is 52.9 Å². The summed E-state index contributed by atoms with van der Waals surface area (Å²) in [4.78, 5) is 22.8. The Morgan fingerprint density at radius 1 is 1.15 bits per heavy atom. The zero-order valence-electron chi connectivity index (χ0n) is 14.9. The molecule has 3 heterocycles. The number of aromatic nitrogens is 2. The summed E-state index contributed by atoms with van der Waals surface area (Å²) in [5.74, 6) is -0.456. The number of hydrogen-bond donors (Lipinski definition) is 1. The smallest absolute Gasteiger partial charge is 0.274 e. The molecule has 7 nitrogen and oxygen atoms in total. The van der Waals surface area contributed by atoms with Crippen LogP contribution in [0.4, 0.5) is 10.2 Å². The molecular formula is C19H21FN4O3. The summed E-state index contributed by atoms with van der Waals surface area (Å²) in [5.41, 5.74) is 0.827. The zero-order valence-corrected chi connectivity index (χ0v) is 14.9. The largest absolute Gasteiger partial charge is 0.365 e. The van der Waals surface area contributed by atoms with Gasteiger partial charge in [-0.2, -0.15) is 0 Å². The average molecular weight is 372 g/mol. The SMILES string of the molecule is O=C(c1cnc(NCc2ccccc2F)cn1)N1CCC2(CC1)OCCO2. The van der Waals surface area contributed by atoms with Gasteiger partial charge in [-0.3, -0.25) is 4.79 Å². The van der Waals surface area contributed by atoms with Crippen molar-refractivity contribution in [2.24, 2.45) is 0 Å². The Morgan fingerprint density at radius 2 is 1.89 bits per heavy atom. The van der Waals surface area contributed by atoms with E-state index in [1.807, 2.05) is 0 Å². The maximum absolute atomic E-state index is 13.6. The summed E-state index contributed by atoms with van der Waals surface area (Å²) < 4.78 is 25.0. The molecule has 1 aromatic heterocycles. The van der Waals surface area contributed by atoms with E-state index in [0.29, 0.717) is 57.1 Å². The molecular weight excluding hydrogens is 351 g/mol. The van der Waals surface area contributed by atoms with Gasteiger partial charge in [0.15, 0.2) is 5.79 Å². The third-order valence-corrected chi connectivity index (χ3v) is 4.91. The first-order chi connectivity index (χ1) is 13.2. The maximum Gasteiger partial charge on any atom is 0.274 e. The molecule has 0 saturated carbocycles. The molecule has 2 aromatic rings. The Hall–Kier alpha value is -2.58. The van der Waals surface area contributed by atoms with Gasteiger partial charge in [-0.1, -0.05) is 18.2 Å². The number of ether oxygens (including phenoxy) is 2. The highest BCUT2D eigenvalue weighted by Crippen LogP contribution is 2.31. The number of carbonyl (C=O) groups is 1. The number of likely N-dealkylation sites (tertiary alicyclic amines) is 1. The van der Waals surface area contributed by atoms with Gasteiger partial charge in [0.2, 0.25) is 0 Å². The van der Waals surface area contributed by atoms with Crippen LogP contribution in [-0.2, 0) is 16.0 Å². The lowest BCUT2D eigenvalue weighted by atomic mass is 10.0. The number of hydrogen-bond acceptors (Lipinski definition) is 6. The third-order valence-electron chi connectivity index (χ3n) is 4.91. The molecule has 8 heteroatoms. The number of anilines is 1. The summed E-state index contributed by atoms with van der Waals surface area (Å²) in [5, 5.41) is 3.01. The molecule has 142 valence electrons. The molecule has 4 rings (SSSR count). The molecule has 27 heavy (non-hydrogen) atoms. The van der Waals surface area contributed by atoms with Gasteiger partial charge >= 0.3 is 0 Å². The number of nitrogens with one attached hydrogen (secondary N) is 1. The van der Waals surface area contributed by atoms with Gasteiger partial charge in [0.05, 0.1) is 25.6 Å². The van der Waals surface area contributed by atoms with E-state index in [1.165, 1.54) is 18.5 Å². The van der Waals surface area contributed by atoms with E-state index in [1.54, 1.807) is 23.1 Å². The van der Waals surface area contributed by atoms with Crippen LogP contribution in [0, 0.1) is 5.82 Å². The lowest BCUT2D eigenvalue weighted by Crippen LogP contribution is -2.47. The fourth-order valence-corrected chi connectivity index (χ4v) is 3.36. The predicted molar refractivity (Wildman–Crippen MR) is 95.5 cm³/mol. The molecule has 2 fully saturated rings. The van der Waals surface area contributed by atoms with Gasteiger partial charge in [-0.25, -0.2) is 14.4 Å². The highest BCUT2D eigenvalue weighted by Gasteiger charge is 2.41. The van der Waals surface area contributed by atoms with Crippen molar-refractivity contribution < 1.29 is 18.7 Å². The number of nitrogens with zero attached hydrogens (tertiary/aromatic N) is 3. The Bertz CT molecular complexity index is 799. The fraction of sp³-hybridized carbons (Fsp3) is 0.421. The fourth-order valence-electron chi connectivity index (χ4n) is 3.36. The normalized spacial score (nSPS) is 18.6. The number of amides is 1. The number of rotatable bonds is 4. The van der Waals surface area contributed by atoms with Crippen LogP contribution in [0.15, 0.2) is 36.7 Å². The van der Waals surface area contributed by atoms with Crippen molar-refractivity contribution in [3.8, 4) is 0 Å². The summed E-state index contributed by atoms with van der Waals surface area (Å²) in [6.07, 6.45) is 4.25. The zero-order chi connectivity index (χ0) is 18.7. The van der Waals surface area contributed by atoms with Crippen molar-refractivity contribution in [1.29, 1.82) is 0 Å². The van der Waals surface area contributed by atoms with E-state index in [0.717, 1.165) is 0 Å².